The molecule has 0 unspecified atom stereocenters. The lowest BCUT2D eigenvalue weighted by atomic mass is 10.1. The summed E-state index contributed by atoms with van der Waals surface area (Å²) in [5.41, 5.74) is 2.14. The maximum atomic E-state index is 9.49. The largest absolute Gasteiger partial charge is 0.378 e. The number of thiophene rings is 1. The van der Waals surface area contributed by atoms with E-state index in [2.05, 4.69) is 16.2 Å². The number of hydrogen-bond donors (Lipinski definition) is 0. The molecule has 0 saturated heterocycles. The molecule has 0 radical (unpaired) electrons. The van der Waals surface area contributed by atoms with Gasteiger partial charge in [0.15, 0.2) is 0 Å². The van der Waals surface area contributed by atoms with Gasteiger partial charge in [-0.1, -0.05) is 11.6 Å². The first-order chi connectivity index (χ1) is 10.2. The fourth-order valence-electron chi connectivity index (χ4n) is 2.16. The minimum atomic E-state index is 0.343. The van der Waals surface area contributed by atoms with Crippen LogP contribution >= 0.6 is 22.9 Å². The number of halogens is 1. The van der Waals surface area contributed by atoms with Gasteiger partial charge in [0.05, 0.1) is 33.5 Å². The van der Waals surface area contributed by atoms with Crippen LogP contribution in [0.2, 0.25) is 5.02 Å². The van der Waals surface area contributed by atoms with E-state index in [1.807, 2.05) is 13.1 Å². The fraction of sp³-hybridized carbons (Fsp3) is 0.214. The first-order valence-corrected chi connectivity index (χ1v) is 7.34. The zero-order valence-electron chi connectivity index (χ0n) is 11.4. The molecular weight excluding hydrogens is 308 g/mol. The quantitative estimate of drug-likeness (QED) is 0.742. The van der Waals surface area contributed by atoms with Crippen molar-refractivity contribution in [2.75, 3.05) is 7.11 Å². The number of nitriles is 1. The van der Waals surface area contributed by atoms with Gasteiger partial charge in [-0.25, -0.2) is 4.98 Å². The van der Waals surface area contributed by atoms with E-state index in [1.54, 1.807) is 24.1 Å². The summed E-state index contributed by atoms with van der Waals surface area (Å²) in [6.07, 6.45) is 1.71. The van der Waals surface area contributed by atoms with Crippen LogP contribution in [-0.2, 0) is 18.4 Å². The highest BCUT2D eigenvalue weighted by atomic mass is 35.5. The van der Waals surface area contributed by atoms with Gasteiger partial charge in [-0.15, -0.1) is 11.3 Å². The first kappa shape index (κ1) is 14.0. The molecule has 3 aromatic rings. The molecule has 0 saturated carbocycles. The summed E-state index contributed by atoms with van der Waals surface area (Å²) in [4.78, 5) is 6.14. The van der Waals surface area contributed by atoms with Crippen LogP contribution in [0.3, 0.4) is 0 Å². The van der Waals surface area contributed by atoms with E-state index in [4.69, 9.17) is 16.3 Å². The summed E-state index contributed by atoms with van der Waals surface area (Å²) < 4.78 is 6.83. The zero-order valence-corrected chi connectivity index (χ0v) is 13.0. The van der Waals surface area contributed by atoms with Crippen LogP contribution in [-0.4, -0.2) is 21.9 Å². The number of fused-ring (bicyclic) bond motifs is 1. The van der Waals surface area contributed by atoms with Crippen molar-refractivity contribution in [1.29, 1.82) is 5.26 Å². The normalized spacial score (nSPS) is 11.0. The fourth-order valence-corrected chi connectivity index (χ4v) is 3.55. The number of hydrogen-bond acceptors (Lipinski definition) is 5. The summed E-state index contributed by atoms with van der Waals surface area (Å²) in [6.45, 7) is 0.343. The third-order valence-electron chi connectivity index (χ3n) is 3.16. The number of aromatic nitrogens is 3. The Morgan fingerprint density at radius 1 is 1.52 bits per heavy atom. The maximum absolute atomic E-state index is 9.49. The molecule has 106 valence electrons. The summed E-state index contributed by atoms with van der Waals surface area (Å²) >= 11 is 7.67. The van der Waals surface area contributed by atoms with Gasteiger partial charge in [-0.3, -0.25) is 4.68 Å². The highest BCUT2D eigenvalue weighted by molar-refractivity contribution is 7.22. The number of ether oxygens (including phenoxy) is 1. The Balaban J connectivity index is 2.28. The minimum absolute atomic E-state index is 0.343. The average molecular weight is 319 g/mol. The molecule has 0 aliphatic rings. The molecule has 3 rings (SSSR count). The van der Waals surface area contributed by atoms with Crippen molar-refractivity contribution in [2.45, 2.75) is 6.61 Å². The second kappa shape index (κ2) is 5.45. The third-order valence-corrected chi connectivity index (χ3v) is 4.60. The molecule has 5 nitrogen and oxygen atoms in total. The summed E-state index contributed by atoms with van der Waals surface area (Å²) in [5.74, 6) is 0. The Morgan fingerprint density at radius 3 is 2.95 bits per heavy atom. The van der Waals surface area contributed by atoms with Gasteiger partial charge >= 0.3 is 0 Å². The lowest BCUT2D eigenvalue weighted by molar-refractivity contribution is 0.182. The van der Waals surface area contributed by atoms with Crippen molar-refractivity contribution in [3.05, 3.63) is 34.6 Å². The first-order valence-electron chi connectivity index (χ1n) is 6.15. The van der Waals surface area contributed by atoms with E-state index in [-0.39, 0.29) is 0 Å². The second-order valence-corrected chi connectivity index (χ2v) is 5.87. The smallest absolute Gasteiger partial charge is 0.125 e. The van der Waals surface area contributed by atoms with E-state index in [0.717, 1.165) is 20.8 Å². The Bertz CT molecular complexity index is 862. The molecule has 3 aromatic heterocycles. The molecule has 21 heavy (non-hydrogen) atoms. The van der Waals surface area contributed by atoms with Crippen molar-refractivity contribution in [2.24, 2.45) is 7.05 Å². The van der Waals surface area contributed by atoms with E-state index in [9.17, 15) is 5.26 Å². The van der Waals surface area contributed by atoms with Crippen LogP contribution in [0.25, 0.3) is 20.8 Å². The Labute approximate surface area is 130 Å². The van der Waals surface area contributed by atoms with Gasteiger partial charge < -0.3 is 4.74 Å². The van der Waals surface area contributed by atoms with Gasteiger partial charge in [0, 0.05) is 25.7 Å². The zero-order chi connectivity index (χ0) is 15.0. The van der Waals surface area contributed by atoms with Crippen LogP contribution in [0.15, 0.2) is 18.3 Å². The predicted molar refractivity (Wildman–Crippen MR) is 82.3 cm³/mol. The predicted octanol–water partition coefficient (Wildman–Crippen LogP) is 3.37. The number of pyridine rings is 1. The lowest BCUT2D eigenvalue weighted by Gasteiger charge is -2.01. The number of methoxy groups -OCH3 is 1. The molecule has 3 heterocycles. The summed E-state index contributed by atoms with van der Waals surface area (Å²) in [7, 11) is 3.44. The van der Waals surface area contributed by atoms with Crippen molar-refractivity contribution in [3.8, 4) is 16.6 Å². The molecule has 0 amide bonds. The van der Waals surface area contributed by atoms with E-state index < -0.39 is 0 Å². The van der Waals surface area contributed by atoms with Crippen LogP contribution in [0.5, 0.6) is 0 Å². The molecule has 0 N–H and O–H groups in total. The number of nitrogens with zero attached hydrogens (tertiary/aromatic N) is 4. The highest BCUT2D eigenvalue weighted by Crippen LogP contribution is 2.38. The standard InChI is InChI=1S/C14H11ClN4OS/c1-19-12(3-4-17-19)13-9(6-16)8-5-10(15)11(7-20-2)18-14(8)21-13/h3-5H,7H2,1-2H3. The highest BCUT2D eigenvalue weighted by Gasteiger charge is 2.18. The summed E-state index contributed by atoms with van der Waals surface area (Å²) in [5, 5.41) is 14.9. The number of aryl methyl sites for hydroxylation is 1. The molecule has 0 aromatic carbocycles. The molecule has 0 fully saturated rings. The third kappa shape index (κ3) is 2.29. The molecule has 0 aliphatic carbocycles. The molecule has 7 heteroatoms. The van der Waals surface area contributed by atoms with Gasteiger partial charge in [0.25, 0.3) is 0 Å². The van der Waals surface area contributed by atoms with Crippen LogP contribution in [0, 0.1) is 11.3 Å². The SMILES string of the molecule is COCc1nc2sc(-c3ccnn3C)c(C#N)c2cc1Cl. The van der Waals surface area contributed by atoms with Crippen molar-refractivity contribution in [3.63, 3.8) is 0 Å². The average Bonchev–Trinajstić information content (AvgIpc) is 3.02. The van der Waals surface area contributed by atoms with Crippen molar-refractivity contribution < 1.29 is 4.74 Å². The van der Waals surface area contributed by atoms with Gasteiger partial charge in [-0.2, -0.15) is 10.4 Å². The Morgan fingerprint density at radius 2 is 2.33 bits per heavy atom. The lowest BCUT2D eigenvalue weighted by Crippen LogP contribution is -1.93. The maximum Gasteiger partial charge on any atom is 0.125 e. The minimum Gasteiger partial charge on any atom is -0.378 e. The second-order valence-electron chi connectivity index (χ2n) is 4.46. The van der Waals surface area contributed by atoms with Crippen LogP contribution in [0.1, 0.15) is 11.3 Å². The van der Waals surface area contributed by atoms with Gasteiger partial charge in [-0.05, 0) is 12.1 Å². The Hall–Kier alpha value is -1.94. The molecular formula is C14H11ClN4OS. The number of rotatable bonds is 3. The molecule has 0 spiro atoms. The van der Waals surface area contributed by atoms with Gasteiger partial charge in [0.2, 0.25) is 0 Å². The van der Waals surface area contributed by atoms with E-state index >= 15 is 0 Å². The van der Waals surface area contributed by atoms with E-state index in [1.165, 1.54) is 11.3 Å². The van der Waals surface area contributed by atoms with Gasteiger partial charge in [0.1, 0.15) is 10.9 Å². The van der Waals surface area contributed by atoms with Crippen molar-refractivity contribution in [1.82, 2.24) is 14.8 Å². The molecule has 0 bridgehead atoms. The van der Waals surface area contributed by atoms with Crippen molar-refractivity contribution >= 4 is 33.2 Å². The monoisotopic (exact) mass is 318 g/mol. The van der Waals surface area contributed by atoms with Crippen LogP contribution in [0.4, 0.5) is 0 Å². The van der Waals surface area contributed by atoms with Crippen LogP contribution < -0.4 is 0 Å². The Kier molecular flexibility index (Phi) is 3.64. The topological polar surface area (TPSA) is 63.7 Å². The molecule has 0 aliphatic heterocycles. The van der Waals surface area contributed by atoms with E-state index in [0.29, 0.717) is 22.9 Å². The molecule has 0 atom stereocenters. The summed E-state index contributed by atoms with van der Waals surface area (Å²) in [6, 6.07) is 5.92.